The molecule has 0 amide bonds. The van der Waals surface area contributed by atoms with Crippen molar-refractivity contribution in [2.45, 2.75) is 37.4 Å². The fourth-order valence-corrected chi connectivity index (χ4v) is 3.16. The minimum Gasteiger partial charge on any atom is -0.481 e. The van der Waals surface area contributed by atoms with Gasteiger partial charge in [0.05, 0.1) is 5.92 Å². The average molecular weight is 298 g/mol. The largest absolute Gasteiger partial charge is 0.481 e. The number of aliphatic carboxylic acids is 1. The number of hydrogen-bond donors (Lipinski definition) is 2. The third kappa shape index (κ3) is 2.11. The highest BCUT2D eigenvalue weighted by molar-refractivity contribution is 6.31. The van der Waals surface area contributed by atoms with E-state index in [9.17, 15) is 9.90 Å². The Morgan fingerprint density at radius 3 is 2.50 bits per heavy atom. The monoisotopic (exact) mass is 297 g/mol. The molecule has 0 saturated heterocycles. The van der Waals surface area contributed by atoms with E-state index in [1.807, 2.05) is 0 Å². The van der Waals surface area contributed by atoms with Gasteiger partial charge in [-0.2, -0.15) is 0 Å². The standard InChI is InChI=1S/C14H16ClNO4/c15-10-6-12-11(5-8(10)9(7-16)13(17)18)19-14(20-12)3-1-2-4-14/h5-6,9H,1-4,7,16H2,(H,17,18). The number of carbonyl (C=O) groups is 1. The molecule has 1 heterocycles. The predicted molar refractivity (Wildman–Crippen MR) is 73.3 cm³/mol. The SMILES string of the molecule is NCC(C(=O)O)c1cc2c(cc1Cl)OC1(CCCC1)O2. The number of hydrogen-bond acceptors (Lipinski definition) is 4. The number of carboxylic acid groups (broad SMARTS) is 1. The molecule has 2 aliphatic rings. The lowest BCUT2D eigenvalue weighted by Gasteiger charge is -2.21. The first-order valence-electron chi connectivity index (χ1n) is 6.69. The summed E-state index contributed by atoms with van der Waals surface area (Å²) in [6.07, 6.45) is 3.81. The molecule has 6 heteroatoms. The van der Waals surface area contributed by atoms with Crippen LogP contribution in [0.4, 0.5) is 0 Å². The molecule has 1 aromatic carbocycles. The Morgan fingerprint density at radius 1 is 1.35 bits per heavy atom. The Hall–Kier alpha value is -1.46. The third-order valence-electron chi connectivity index (χ3n) is 3.93. The first kappa shape index (κ1) is 13.5. The molecule has 1 unspecified atom stereocenters. The zero-order valence-electron chi connectivity index (χ0n) is 10.9. The lowest BCUT2D eigenvalue weighted by molar-refractivity contribution is -0.138. The van der Waals surface area contributed by atoms with Crippen molar-refractivity contribution in [3.8, 4) is 11.5 Å². The maximum absolute atomic E-state index is 11.2. The van der Waals surface area contributed by atoms with E-state index < -0.39 is 17.7 Å². The van der Waals surface area contributed by atoms with Crippen LogP contribution in [-0.4, -0.2) is 23.4 Å². The van der Waals surface area contributed by atoms with Gasteiger partial charge in [-0.3, -0.25) is 4.79 Å². The van der Waals surface area contributed by atoms with Crippen molar-refractivity contribution in [3.63, 3.8) is 0 Å². The normalized spacial score (nSPS) is 20.3. The van der Waals surface area contributed by atoms with Crippen LogP contribution in [0.25, 0.3) is 0 Å². The van der Waals surface area contributed by atoms with E-state index in [4.69, 9.17) is 26.8 Å². The van der Waals surface area contributed by atoms with E-state index >= 15 is 0 Å². The lowest BCUT2D eigenvalue weighted by Crippen LogP contribution is -2.34. The summed E-state index contributed by atoms with van der Waals surface area (Å²) in [7, 11) is 0. The summed E-state index contributed by atoms with van der Waals surface area (Å²) in [5, 5.41) is 9.54. The van der Waals surface area contributed by atoms with Gasteiger partial charge in [0.15, 0.2) is 11.5 Å². The molecular formula is C14H16ClNO4. The summed E-state index contributed by atoms with van der Waals surface area (Å²) in [5.41, 5.74) is 6.00. The quantitative estimate of drug-likeness (QED) is 0.896. The Kier molecular flexibility index (Phi) is 3.26. The Balaban J connectivity index is 1.96. The van der Waals surface area contributed by atoms with E-state index in [-0.39, 0.29) is 6.54 Å². The molecule has 1 fully saturated rings. The fourth-order valence-electron chi connectivity index (χ4n) is 2.88. The molecule has 1 aliphatic heterocycles. The van der Waals surface area contributed by atoms with Crippen molar-refractivity contribution >= 4 is 17.6 Å². The molecule has 1 atom stereocenters. The zero-order chi connectivity index (χ0) is 14.3. The first-order chi connectivity index (χ1) is 9.54. The zero-order valence-corrected chi connectivity index (χ0v) is 11.7. The summed E-state index contributed by atoms with van der Waals surface area (Å²) >= 11 is 6.17. The summed E-state index contributed by atoms with van der Waals surface area (Å²) in [4.78, 5) is 11.2. The maximum Gasteiger partial charge on any atom is 0.312 e. The van der Waals surface area contributed by atoms with Crippen LogP contribution in [0.1, 0.15) is 37.2 Å². The molecule has 0 aromatic heterocycles. The molecule has 20 heavy (non-hydrogen) atoms. The molecule has 1 spiro atoms. The molecule has 0 radical (unpaired) electrons. The van der Waals surface area contributed by atoms with Gasteiger partial charge in [-0.1, -0.05) is 11.6 Å². The van der Waals surface area contributed by atoms with Crippen molar-refractivity contribution in [1.29, 1.82) is 0 Å². The van der Waals surface area contributed by atoms with Crippen LogP contribution in [0.3, 0.4) is 0 Å². The maximum atomic E-state index is 11.2. The van der Waals surface area contributed by atoms with Crippen LogP contribution in [0.15, 0.2) is 12.1 Å². The van der Waals surface area contributed by atoms with Crippen LogP contribution in [0.5, 0.6) is 11.5 Å². The summed E-state index contributed by atoms with van der Waals surface area (Å²) in [6.45, 7) is -0.0140. The van der Waals surface area contributed by atoms with Gasteiger partial charge in [-0.25, -0.2) is 0 Å². The number of halogens is 1. The molecule has 1 saturated carbocycles. The van der Waals surface area contributed by atoms with E-state index in [1.54, 1.807) is 12.1 Å². The number of rotatable bonds is 3. The smallest absolute Gasteiger partial charge is 0.312 e. The van der Waals surface area contributed by atoms with Crippen LogP contribution in [-0.2, 0) is 4.79 Å². The van der Waals surface area contributed by atoms with Crippen molar-refractivity contribution in [3.05, 3.63) is 22.7 Å². The predicted octanol–water partition coefficient (Wildman–Crippen LogP) is 2.51. The van der Waals surface area contributed by atoms with Crippen molar-refractivity contribution in [2.75, 3.05) is 6.54 Å². The summed E-state index contributed by atoms with van der Waals surface area (Å²) in [6, 6.07) is 3.28. The number of carboxylic acids is 1. The summed E-state index contributed by atoms with van der Waals surface area (Å²) in [5.74, 6) is -1.26. The highest BCUT2D eigenvalue weighted by Gasteiger charge is 2.44. The second-order valence-corrected chi connectivity index (χ2v) is 5.68. The number of ether oxygens (including phenoxy) is 2. The third-order valence-corrected chi connectivity index (χ3v) is 4.26. The van der Waals surface area contributed by atoms with Crippen LogP contribution in [0, 0.1) is 0 Å². The van der Waals surface area contributed by atoms with Crippen LogP contribution < -0.4 is 15.2 Å². The van der Waals surface area contributed by atoms with E-state index in [0.29, 0.717) is 22.1 Å². The number of fused-ring (bicyclic) bond motifs is 1. The topological polar surface area (TPSA) is 81.8 Å². The molecule has 1 aliphatic carbocycles. The molecule has 0 bridgehead atoms. The van der Waals surface area contributed by atoms with E-state index in [2.05, 4.69) is 0 Å². The Labute approximate surface area is 121 Å². The van der Waals surface area contributed by atoms with Gasteiger partial charge in [0.25, 0.3) is 5.79 Å². The van der Waals surface area contributed by atoms with Crippen LogP contribution in [0.2, 0.25) is 5.02 Å². The second-order valence-electron chi connectivity index (χ2n) is 5.27. The second kappa shape index (κ2) is 4.82. The molecular weight excluding hydrogens is 282 g/mol. The van der Waals surface area contributed by atoms with Gasteiger partial charge in [-0.05, 0) is 24.5 Å². The Bertz CT molecular complexity index is 554. The van der Waals surface area contributed by atoms with Gasteiger partial charge in [0.1, 0.15) is 0 Å². The van der Waals surface area contributed by atoms with E-state index in [1.165, 1.54) is 0 Å². The molecule has 3 N–H and O–H groups in total. The summed E-state index contributed by atoms with van der Waals surface area (Å²) < 4.78 is 11.8. The van der Waals surface area contributed by atoms with Gasteiger partial charge in [0.2, 0.25) is 0 Å². The van der Waals surface area contributed by atoms with Crippen LogP contribution >= 0.6 is 11.6 Å². The number of nitrogens with two attached hydrogens (primary N) is 1. The molecule has 5 nitrogen and oxygen atoms in total. The number of benzene rings is 1. The van der Waals surface area contributed by atoms with Gasteiger partial charge in [0, 0.05) is 30.5 Å². The van der Waals surface area contributed by atoms with Crippen molar-refractivity contribution in [2.24, 2.45) is 5.73 Å². The highest BCUT2D eigenvalue weighted by Crippen LogP contribution is 2.48. The highest BCUT2D eigenvalue weighted by atomic mass is 35.5. The molecule has 3 rings (SSSR count). The average Bonchev–Trinajstić information content (AvgIpc) is 2.97. The van der Waals surface area contributed by atoms with E-state index in [0.717, 1.165) is 25.7 Å². The van der Waals surface area contributed by atoms with Gasteiger partial charge in [-0.15, -0.1) is 0 Å². The minimum atomic E-state index is -0.996. The van der Waals surface area contributed by atoms with Crippen molar-refractivity contribution < 1.29 is 19.4 Å². The Morgan fingerprint density at radius 2 is 1.95 bits per heavy atom. The lowest BCUT2D eigenvalue weighted by atomic mass is 9.99. The fraction of sp³-hybridized carbons (Fsp3) is 0.500. The van der Waals surface area contributed by atoms with Gasteiger partial charge >= 0.3 is 5.97 Å². The minimum absolute atomic E-state index is 0.0140. The van der Waals surface area contributed by atoms with Crippen molar-refractivity contribution in [1.82, 2.24) is 0 Å². The van der Waals surface area contributed by atoms with Gasteiger partial charge < -0.3 is 20.3 Å². The molecule has 1 aromatic rings. The molecule has 108 valence electrons. The first-order valence-corrected chi connectivity index (χ1v) is 7.07.